The SMILES string of the molecule is CCC[C@@H]1OC([C@@H]2[C@@H](C)[C@@H]3C=C[C@H]2C3)O[C@@H]1CCC. The van der Waals surface area contributed by atoms with Gasteiger partial charge in [-0.3, -0.25) is 0 Å². The third-order valence-corrected chi connectivity index (χ3v) is 5.42. The fraction of sp³-hybridized carbons (Fsp3) is 0.882. The number of hydrogen-bond donors (Lipinski definition) is 0. The van der Waals surface area contributed by atoms with E-state index in [1.54, 1.807) is 0 Å². The van der Waals surface area contributed by atoms with Crippen LogP contribution in [0.2, 0.25) is 0 Å². The summed E-state index contributed by atoms with van der Waals surface area (Å²) in [5.41, 5.74) is 0. The highest BCUT2D eigenvalue weighted by atomic mass is 16.7. The Bertz CT molecular complexity index is 324. The second kappa shape index (κ2) is 5.57. The van der Waals surface area contributed by atoms with Gasteiger partial charge in [0.05, 0.1) is 12.2 Å². The van der Waals surface area contributed by atoms with E-state index < -0.39 is 0 Å². The van der Waals surface area contributed by atoms with E-state index in [-0.39, 0.29) is 6.29 Å². The van der Waals surface area contributed by atoms with Gasteiger partial charge in [-0.15, -0.1) is 0 Å². The summed E-state index contributed by atoms with van der Waals surface area (Å²) in [6.45, 7) is 6.86. The topological polar surface area (TPSA) is 18.5 Å². The minimum Gasteiger partial charge on any atom is -0.346 e. The second-order valence-corrected chi connectivity index (χ2v) is 6.68. The monoisotopic (exact) mass is 264 g/mol. The van der Waals surface area contributed by atoms with Crippen molar-refractivity contribution in [1.82, 2.24) is 0 Å². The minimum absolute atomic E-state index is 0.0584. The first-order chi connectivity index (χ1) is 9.24. The van der Waals surface area contributed by atoms with Gasteiger partial charge in [0.2, 0.25) is 0 Å². The molecule has 0 radical (unpaired) electrons. The van der Waals surface area contributed by atoms with Crippen molar-refractivity contribution < 1.29 is 9.47 Å². The summed E-state index contributed by atoms with van der Waals surface area (Å²) in [6.07, 6.45) is 11.5. The molecule has 1 aliphatic heterocycles. The Kier molecular flexibility index (Phi) is 4.00. The second-order valence-electron chi connectivity index (χ2n) is 6.68. The Labute approximate surface area is 117 Å². The van der Waals surface area contributed by atoms with Crippen molar-refractivity contribution in [3.63, 3.8) is 0 Å². The Hall–Kier alpha value is -0.340. The third-order valence-electron chi connectivity index (χ3n) is 5.42. The van der Waals surface area contributed by atoms with Crippen molar-refractivity contribution in [2.45, 2.75) is 71.4 Å². The summed E-state index contributed by atoms with van der Waals surface area (Å²) in [5, 5.41) is 0. The van der Waals surface area contributed by atoms with Crippen LogP contribution in [0.3, 0.4) is 0 Å². The van der Waals surface area contributed by atoms with Crippen molar-refractivity contribution in [3.8, 4) is 0 Å². The Morgan fingerprint density at radius 3 is 2.00 bits per heavy atom. The Morgan fingerprint density at radius 1 is 0.947 bits per heavy atom. The summed E-state index contributed by atoms with van der Waals surface area (Å²) >= 11 is 0. The van der Waals surface area contributed by atoms with Gasteiger partial charge in [-0.1, -0.05) is 45.8 Å². The molecule has 108 valence electrons. The molecule has 1 saturated carbocycles. The maximum atomic E-state index is 6.32. The molecule has 2 fully saturated rings. The molecule has 1 saturated heterocycles. The van der Waals surface area contributed by atoms with Crippen LogP contribution < -0.4 is 0 Å². The van der Waals surface area contributed by atoms with Crippen molar-refractivity contribution in [3.05, 3.63) is 12.2 Å². The average molecular weight is 264 g/mol. The smallest absolute Gasteiger partial charge is 0.162 e. The van der Waals surface area contributed by atoms with Crippen LogP contribution in [0.5, 0.6) is 0 Å². The van der Waals surface area contributed by atoms with Crippen molar-refractivity contribution in [2.24, 2.45) is 23.7 Å². The van der Waals surface area contributed by atoms with Crippen LogP contribution in [0.25, 0.3) is 0 Å². The fourth-order valence-corrected chi connectivity index (χ4v) is 4.37. The van der Waals surface area contributed by atoms with Gasteiger partial charge in [0, 0.05) is 5.92 Å². The molecule has 1 unspecified atom stereocenters. The summed E-state index contributed by atoms with van der Waals surface area (Å²) in [5.74, 6) is 2.79. The molecule has 19 heavy (non-hydrogen) atoms. The van der Waals surface area contributed by atoms with Crippen molar-refractivity contribution >= 4 is 0 Å². The molecule has 0 aromatic rings. The largest absolute Gasteiger partial charge is 0.346 e. The van der Waals surface area contributed by atoms with Crippen LogP contribution in [-0.2, 0) is 9.47 Å². The van der Waals surface area contributed by atoms with Crippen LogP contribution >= 0.6 is 0 Å². The molecule has 0 aromatic carbocycles. The zero-order valence-electron chi connectivity index (χ0n) is 12.5. The van der Waals surface area contributed by atoms with Gasteiger partial charge < -0.3 is 9.47 Å². The van der Waals surface area contributed by atoms with Gasteiger partial charge in [-0.05, 0) is 37.0 Å². The van der Waals surface area contributed by atoms with Gasteiger partial charge in [0.1, 0.15) is 0 Å². The normalized spacial score (nSPS) is 48.3. The van der Waals surface area contributed by atoms with Crippen LogP contribution in [0.15, 0.2) is 12.2 Å². The first-order valence-electron chi connectivity index (χ1n) is 8.23. The number of ether oxygens (including phenoxy) is 2. The highest BCUT2D eigenvalue weighted by Crippen LogP contribution is 2.51. The molecule has 0 aromatic heterocycles. The number of hydrogen-bond acceptors (Lipinski definition) is 2. The number of fused-ring (bicyclic) bond motifs is 2. The molecule has 0 N–H and O–H groups in total. The molecule has 0 amide bonds. The van der Waals surface area contributed by atoms with Gasteiger partial charge in [0.25, 0.3) is 0 Å². The summed E-state index contributed by atoms with van der Waals surface area (Å²) < 4.78 is 12.6. The van der Waals surface area contributed by atoms with Crippen LogP contribution in [0.1, 0.15) is 52.9 Å². The molecule has 3 rings (SSSR count). The molecule has 3 aliphatic rings. The molecule has 2 nitrogen and oxygen atoms in total. The molecule has 1 heterocycles. The zero-order valence-corrected chi connectivity index (χ0v) is 12.5. The quantitative estimate of drug-likeness (QED) is 0.694. The number of rotatable bonds is 5. The lowest BCUT2D eigenvalue weighted by atomic mass is 9.84. The maximum Gasteiger partial charge on any atom is 0.162 e. The van der Waals surface area contributed by atoms with Gasteiger partial charge in [0.15, 0.2) is 6.29 Å². The fourth-order valence-electron chi connectivity index (χ4n) is 4.37. The Balaban J connectivity index is 1.68. The predicted molar refractivity (Wildman–Crippen MR) is 76.7 cm³/mol. The van der Waals surface area contributed by atoms with E-state index in [1.807, 2.05) is 0 Å². The van der Waals surface area contributed by atoms with Crippen molar-refractivity contribution in [1.29, 1.82) is 0 Å². The lowest BCUT2D eigenvalue weighted by Crippen LogP contribution is -2.31. The molecule has 7 atom stereocenters. The van der Waals surface area contributed by atoms with Gasteiger partial charge >= 0.3 is 0 Å². The van der Waals surface area contributed by atoms with Crippen LogP contribution in [0.4, 0.5) is 0 Å². The van der Waals surface area contributed by atoms with E-state index in [9.17, 15) is 0 Å². The van der Waals surface area contributed by atoms with E-state index in [4.69, 9.17) is 9.47 Å². The third kappa shape index (κ3) is 2.38. The number of allylic oxidation sites excluding steroid dienone is 2. The highest BCUT2D eigenvalue weighted by molar-refractivity contribution is 5.13. The van der Waals surface area contributed by atoms with Crippen LogP contribution in [0, 0.1) is 23.7 Å². The summed E-state index contributed by atoms with van der Waals surface area (Å²) in [6, 6.07) is 0. The summed E-state index contributed by atoms with van der Waals surface area (Å²) in [4.78, 5) is 0. The molecule has 2 bridgehead atoms. The molecular formula is C17H28O2. The van der Waals surface area contributed by atoms with Crippen molar-refractivity contribution in [2.75, 3.05) is 0 Å². The van der Waals surface area contributed by atoms with Gasteiger partial charge in [-0.25, -0.2) is 0 Å². The highest BCUT2D eigenvalue weighted by Gasteiger charge is 2.50. The average Bonchev–Trinajstić information content (AvgIpc) is 3.06. The van der Waals surface area contributed by atoms with Gasteiger partial charge in [-0.2, -0.15) is 0 Å². The van der Waals surface area contributed by atoms with E-state index in [0.717, 1.165) is 24.7 Å². The minimum atomic E-state index is 0.0584. The lowest BCUT2D eigenvalue weighted by molar-refractivity contribution is -0.122. The summed E-state index contributed by atoms with van der Waals surface area (Å²) in [7, 11) is 0. The molecule has 2 aliphatic carbocycles. The predicted octanol–water partition coefficient (Wildman–Crippen LogP) is 4.15. The van der Waals surface area contributed by atoms with E-state index in [2.05, 4.69) is 32.9 Å². The zero-order chi connectivity index (χ0) is 13.4. The van der Waals surface area contributed by atoms with E-state index in [1.165, 1.54) is 19.3 Å². The molecule has 2 heteroatoms. The Morgan fingerprint density at radius 2 is 1.53 bits per heavy atom. The van der Waals surface area contributed by atoms with Crippen LogP contribution in [-0.4, -0.2) is 18.5 Å². The lowest BCUT2D eigenvalue weighted by Gasteiger charge is -2.29. The first-order valence-corrected chi connectivity index (χ1v) is 8.23. The standard InChI is InChI=1S/C17H28O2/c1-4-6-14-15(7-5-2)19-17(18-14)16-11(3)12-8-9-13(16)10-12/h8-9,11-17H,4-7,10H2,1-3H3/t11-,12+,13-,14-,15+,16+,17?/m0/s1. The van der Waals surface area contributed by atoms with E-state index in [0.29, 0.717) is 24.0 Å². The molecular weight excluding hydrogens is 236 g/mol. The maximum absolute atomic E-state index is 6.32. The first kappa shape index (κ1) is 13.6. The van der Waals surface area contributed by atoms with E-state index >= 15 is 0 Å². The molecule has 0 spiro atoms.